The molecule has 0 aromatic rings. The van der Waals surface area contributed by atoms with Gasteiger partial charge in [-0.15, -0.1) is 0 Å². The third-order valence-electron chi connectivity index (χ3n) is 2.75. The highest BCUT2D eigenvalue weighted by Crippen LogP contribution is 2.10. The van der Waals surface area contributed by atoms with E-state index >= 15 is 0 Å². The molecule has 0 radical (unpaired) electrons. The van der Waals surface area contributed by atoms with Crippen molar-refractivity contribution in [1.29, 1.82) is 0 Å². The van der Waals surface area contributed by atoms with Crippen LogP contribution >= 0.6 is 0 Å². The second kappa shape index (κ2) is 5.73. The molecule has 0 saturated carbocycles. The minimum absolute atomic E-state index is 0.0763. The van der Waals surface area contributed by atoms with Crippen molar-refractivity contribution >= 4 is 11.8 Å². The molecular weight excluding hydrogens is 192 g/mol. The first-order valence-electron chi connectivity index (χ1n) is 5.71. The van der Waals surface area contributed by atoms with E-state index in [9.17, 15) is 9.59 Å². The van der Waals surface area contributed by atoms with Gasteiger partial charge in [-0.1, -0.05) is 6.92 Å². The van der Waals surface area contributed by atoms with E-state index in [4.69, 9.17) is 0 Å². The fourth-order valence-electron chi connectivity index (χ4n) is 1.92. The molecule has 1 atom stereocenters. The molecule has 0 bridgehead atoms. The van der Waals surface area contributed by atoms with Crippen LogP contribution in [0.1, 0.15) is 39.5 Å². The van der Waals surface area contributed by atoms with Crippen molar-refractivity contribution in [2.24, 2.45) is 0 Å². The number of hydrogen-bond acceptors (Lipinski definition) is 2. The van der Waals surface area contributed by atoms with Crippen molar-refractivity contribution in [2.75, 3.05) is 13.1 Å². The van der Waals surface area contributed by atoms with Crippen LogP contribution in [-0.4, -0.2) is 35.8 Å². The smallest absolute Gasteiger partial charge is 0.245 e. The van der Waals surface area contributed by atoms with E-state index < -0.39 is 0 Å². The summed E-state index contributed by atoms with van der Waals surface area (Å²) in [6.45, 7) is 5.05. The van der Waals surface area contributed by atoms with E-state index in [0.29, 0.717) is 6.42 Å². The fourth-order valence-corrected chi connectivity index (χ4v) is 1.92. The lowest BCUT2D eigenvalue weighted by Crippen LogP contribution is -2.49. The summed E-state index contributed by atoms with van der Waals surface area (Å²) in [6.07, 6.45) is 4.04. The monoisotopic (exact) mass is 212 g/mol. The molecule has 0 aromatic heterocycles. The minimum Gasteiger partial charge on any atom is -0.345 e. The first-order chi connectivity index (χ1) is 7.15. The van der Waals surface area contributed by atoms with Crippen LogP contribution in [0, 0.1) is 0 Å². The van der Waals surface area contributed by atoms with Crippen molar-refractivity contribution in [1.82, 2.24) is 10.2 Å². The Balaban J connectivity index is 2.50. The Bertz CT molecular complexity index is 235. The number of hydrogen-bond donors (Lipinski definition) is 1. The lowest BCUT2D eigenvalue weighted by atomic mass is 10.1. The fraction of sp³-hybridized carbons (Fsp3) is 0.818. The summed E-state index contributed by atoms with van der Waals surface area (Å²) in [4.78, 5) is 24.8. The van der Waals surface area contributed by atoms with Crippen molar-refractivity contribution in [3.8, 4) is 0 Å². The summed E-state index contributed by atoms with van der Waals surface area (Å²) in [5.74, 6) is -0.0559. The Labute approximate surface area is 91.0 Å². The number of rotatable bonds is 3. The van der Waals surface area contributed by atoms with E-state index in [2.05, 4.69) is 5.32 Å². The van der Waals surface area contributed by atoms with Gasteiger partial charge in [-0.05, 0) is 25.7 Å². The van der Waals surface area contributed by atoms with Crippen LogP contribution in [0.5, 0.6) is 0 Å². The quantitative estimate of drug-likeness (QED) is 0.756. The van der Waals surface area contributed by atoms with Crippen molar-refractivity contribution < 1.29 is 9.59 Å². The maximum Gasteiger partial charge on any atom is 0.245 e. The molecule has 1 N–H and O–H groups in total. The molecule has 1 fully saturated rings. The van der Waals surface area contributed by atoms with Crippen LogP contribution in [0.15, 0.2) is 0 Å². The number of nitrogens with one attached hydrogen (secondary N) is 1. The summed E-state index contributed by atoms with van der Waals surface area (Å²) in [7, 11) is 0. The zero-order valence-electron chi connectivity index (χ0n) is 9.58. The van der Waals surface area contributed by atoms with Crippen molar-refractivity contribution in [3.05, 3.63) is 0 Å². The Morgan fingerprint density at radius 1 is 1.27 bits per heavy atom. The highest BCUT2D eigenvalue weighted by atomic mass is 16.2. The van der Waals surface area contributed by atoms with Gasteiger partial charge in [0.15, 0.2) is 0 Å². The van der Waals surface area contributed by atoms with Gasteiger partial charge >= 0.3 is 0 Å². The molecule has 1 aliphatic heterocycles. The number of carbonyl (C=O) groups excluding carboxylic acids is 2. The van der Waals surface area contributed by atoms with Crippen LogP contribution in [0.3, 0.4) is 0 Å². The van der Waals surface area contributed by atoms with E-state index in [1.165, 1.54) is 13.3 Å². The van der Waals surface area contributed by atoms with E-state index in [1.807, 2.05) is 11.8 Å². The number of likely N-dealkylation sites (tertiary alicyclic amines) is 1. The number of nitrogens with zero attached hydrogens (tertiary/aromatic N) is 1. The Morgan fingerprint density at radius 3 is 2.33 bits per heavy atom. The Morgan fingerprint density at radius 2 is 1.87 bits per heavy atom. The molecule has 86 valence electrons. The molecule has 1 rings (SSSR count). The summed E-state index contributed by atoms with van der Waals surface area (Å²) >= 11 is 0. The molecule has 0 aliphatic carbocycles. The van der Waals surface area contributed by atoms with Gasteiger partial charge < -0.3 is 10.2 Å². The molecule has 0 spiro atoms. The average molecular weight is 212 g/mol. The molecule has 1 heterocycles. The normalized spacial score (nSPS) is 18.4. The summed E-state index contributed by atoms with van der Waals surface area (Å²) in [5, 5.41) is 2.70. The van der Waals surface area contributed by atoms with Gasteiger partial charge in [0.25, 0.3) is 0 Å². The second-order valence-corrected chi connectivity index (χ2v) is 4.05. The standard InChI is InChI=1S/C11H20N2O2/c1-3-10(12-9(2)14)11(15)13-7-5-4-6-8-13/h10H,3-8H2,1-2H3,(H,12,14). The Hall–Kier alpha value is -1.06. The molecule has 2 amide bonds. The third-order valence-corrected chi connectivity index (χ3v) is 2.75. The van der Waals surface area contributed by atoms with Gasteiger partial charge in [-0.25, -0.2) is 0 Å². The number of piperidine rings is 1. The highest BCUT2D eigenvalue weighted by Gasteiger charge is 2.24. The lowest BCUT2D eigenvalue weighted by Gasteiger charge is -2.30. The third kappa shape index (κ3) is 3.53. The van der Waals surface area contributed by atoms with Gasteiger partial charge in [0.1, 0.15) is 6.04 Å². The van der Waals surface area contributed by atoms with E-state index in [1.54, 1.807) is 0 Å². The molecule has 4 nitrogen and oxygen atoms in total. The molecule has 15 heavy (non-hydrogen) atoms. The van der Waals surface area contributed by atoms with Crippen LogP contribution in [-0.2, 0) is 9.59 Å². The summed E-state index contributed by atoms with van der Waals surface area (Å²) < 4.78 is 0. The van der Waals surface area contributed by atoms with Crippen LogP contribution in [0.4, 0.5) is 0 Å². The number of amides is 2. The van der Waals surface area contributed by atoms with Gasteiger partial charge in [-0.3, -0.25) is 9.59 Å². The number of carbonyl (C=O) groups is 2. The zero-order chi connectivity index (χ0) is 11.3. The largest absolute Gasteiger partial charge is 0.345 e. The highest BCUT2D eigenvalue weighted by molar-refractivity contribution is 5.86. The predicted octanol–water partition coefficient (Wildman–Crippen LogP) is 0.914. The average Bonchev–Trinajstić information content (AvgIpc) is 2.26. The van der Waals surface area contributed by atoms with Gasteiger partial charge in [-0.2, -0.15) is 0 Å². The second-order valence-electron chi connectivity index (χ2n) is 4.05. The SMILES string of the molecule is CCC(NC(C)=O)C(=O)N1CCCCC1. The van der Waals surface area contributed by atoms with Gasteiger partial charge in [0.2, 0.25) is 11.8 Å². The maximum absolute atomic E-state index is 12.0. The molecule has 4 heteroatoms. The van der Waals surface area contributed by atoms with Crippen LogP contribution < -0.4 is 5.32 Å². The molecule has 1 unspecified atom stereocenters. The van der Waals surface area contributed by atoms with Crippen molar-refractivity contribution in [3.63, 3.8) is 0 Å². The summed E-state index contributed by atoms with van der Waals surface area (Å²) in [5.41, 5.74) is 0. The van der Waals surface area contributed by atoms with E-state index in [-0.39, 0.29) is 17.9 Å². The lowest BCUT2D eigenvalue weighted by molar-refractivity contribution is -0.136. The maximum atomic E-state index is 12.0. The van der Waals surface area contributed by atoms with Crippen LogP contribution in [0.2, 0.25) is 0 Å². The summed E-state index contributed by atoms with van der Waals surface area (Å²) in [6, 6.07) is -0.333. The Kier molecular flexibility index (Phi) is 4.59. The molecule has 1 aliphatic rings. The molecule has 1 saturated heterocycles. The predicted molar refractivity (Wildman–Crippen MR) is 58.3 cm³/mol. The first kappa shape index (κ1) is 12.0. The van der Waals surface area contributed by atoms with E-state index in [0.717, 1.165) is 25.9 Å². The van der Waals surface area contributed by atoms with Crippen LogP contribution in [0.25, 0.3) is 0 Å². The first-order valence-corrected chi connectivity index (χ1v) is 5.71. The topological polar surface area (TPSA) is 49.4 Å². The minimum atomic E-state index is -0.333. The molecular formula is C11H20N2O2. The van der Waals surface area contributed by atoms with Gasteiger partial charge in [0, 0.05) is 20.0 Å². The molecule has 0 aromatic carbocycles. The van der Waals surface area contributed by atoms with Gasteiger partial charge in [0.05, 0.1) is 0 Å². The zero-order valence-corrected chi connectivity index (χ0v) is 9.58. The van der Waals surface area contributed by atoms with Crippen molar-refractivity contribution in [2.45, 2.75) is 45.6 Å².